The largest absolute Gasteiger partial charge is 0.573 e. The summed E-state index contributed by atoms with van der Waals surface area (Å²) in [6.07, 6.45) is -0.314. The van der Waals surface area contributed by atoms with Gasteiger partial charge in [-0.25, -0.2) is 9.97 Å². The molecule has 10 heteroatoms. The highest BCUT2D eigenvalue weighted by Gasteiger charge is 2.31. The summed E-state index contributed by atoms with van der Waals surface area (Å²) in [5.41, 5.74) is 1.52. The minimum atomic E-state index is -4.76. The summed E-state index contributed by atoms with van der Waals surface area (Å²) >= 11 is 1.62. The number of aryl methyl sites for hydroxylation is 2. The van der Waals surface area contributed by atoms with Gasteiger partial charge in [-0.15, -0.1) is 24.5 Å². The normalized spacial score (nSPS) is 13.4. The van der Waals surface area contributed by atoms with Gasteiger partial charge in [0, 0.05) is 10.6 Å². The monoisotopic (exact) mass is 409 g/mol. The minimum Gasteiger partial charge on any atom is -0.467 e. The number of carbonyl (C=O) groups excluding carboxylic acids is 1. The van der Waals surface area contributed by atoms with Gasteiger partial charge in [-0.05, 0) is 49.1 Å². The molecule has 1 N–H and O–H groups in total. The van der Waals surface area contributed by atoms with Crippen LogP contribution in [0.15, 0.2) is 30.6 Å². The minimum absolute atomic E-state index is 0.280. The van der Waals surface area contributed by atoms with Crippen LogP contribution >= 0.6 is 11.3 Å². The molecule has 0 fully saturated rings. The highest BCUT2D eigenvalue weighted by molar-refractivity contribution is 7.18. The van der Waals surface area contributed by atoms with E-state index in [-0.39, 0.29) is 12.4 Å². The predicted molar refractivity (Wildman–Crippen MR) is 96.7 cm³/mol. The summed E-state index contributed by atoms with van der Waals surface area (Å²) in [6.45, 7) is -0.280. The molecule has 0 atom stereocenters. The molecule has 3 aromatic rings. The third-order valence-electron chi connectivity index (χ3n) is 4.18. The van der Waals surface area contributed by atoms with Crippen molar-refractivity contribution in [1.82, 2.24) is 9.97 Å². The van der Waals surface area contributed by atoms with E-state index in [1.165, 1.54) is 28.9 Å². The summed E-state index contributed by atoms with van der Waals surface area (Å²) in [5.74, 6) is -0.451. The Hall–Kier alpha value is -2.88. The predicted octanol–water partition coefficient (Wildman–Crippen LogP) is 4.10. The molecule has 2 aromatic heterocycles. The van der Waals surface area contributed by atoms with E-state index in [4.69, 9.17) is 4.74 Å². The van der Waals surface area contributed by atoms with E-state index < -0.39 is 12.3 Å². The van der Waals surface area contributed by atoms with E-state index in [1.807, 2.05) is 0 Å². The van der Waals surface area contributed by atoms with E-state index in [0.29, 0.717) is 11.6 Å². The molecule has 1 aromatic carbocycles. The number of benzene rings is 1. The Bertz CT molecular complexity index is 1020. The van der Waals surface area contributed by atoms with Crippen molar-refractivity contribution in [3.05, 3.63) is 41.0 Å². The van der Waals surface area contributed by atoms with E-state index in [2.05, 4.69) is 20.0 Å². The summed E-state index contributed by atoms with van der Waals surface area (Å²) in [5, 5.41) is 3.42. The first-order chi connectivity index (χ1) is 13.4. The molecular weight excluding hydrogens is 395 g/mol. The Morgan fingerprint density at radius 3 is 2.71 bits per heavy atom. The number of alkyl halides is 3. The Balaban J connectivity index is 1.39. The third kappa shape index (κ3) is 4.01. The van der Waals surface area contributed by atoms with Gasteiger partial charge in [0.25, 0.3) is 5.91 Å². The standard InChI is InChI=1S/C18H14F3N3O3S/c19-18(20,21)27-11-6-4-10(5-7-11)24-14(25)8-26-16-15-12-2-1-3-13(12)28-17(15)23-9-22-16/h4-7,9H,1-3,8H2,(H,24,25). The molecule has 0 saturated carbocycles. The van der Waals surface area contributed by atoms with Crippen LogP contribution in [0.5, 0.6) is 11.6 Å². The molecule has 1 amide bonds. The molecule has 0 bridgehead atoms. The second kappa shape index (κ2) is 7.27. The zero-order chi connectivity index (χ0) is 19.7. The van der Waals surface area contributed by atoms with Crippen molar-refractivity contribution in [1.29, 1.82) is 0 Å². The van der Waals surface area contributed by atoms with Crippen molar-refractivity contribution in [2.75, 3.05) is 11.9 Å². The van der Waals surface area contributed by atoms with Crippen LogP contribution in [0.4, 0.5) is 18.9 Å². The zero-order valence-electron chi connectivity index (χ0n) is 14.4. The Morgan fingerprint density at radius 2 is 1.96 bits per heavy atom. The van der Waals surface area contributed by atoms with Crippen LogP contribution in [0.2, 0.25) is 0 Å². The summed E-state index contributed by atoms with van der Waals surface area (Å²) in [7, 11) is 0. The number of anilines is 1. The molecule has 0 aliphatic heterocycles. The second-order valence-electron chi connectivity index (χ2n) is 6.13. The van der Waals surface area contributed by atoms with Gasteiger partial charge in [0.15, 0.2) is 6.61 Å². The third-order valence-corrected chi connectivity index (χ3v) is 5.38. The van der Waals surface area contributed by atoms with Crippen molar-refractivity contribution in [2.45, 2.75) is 25.6 Å². The van der Waals surface area contributed by atoms with E-state index in [1.54, 1.807) is 11.3 Å². The van der Waals surface area contributed by atoms with Crippen LogP contribution in [0.25, 0.3) is 10.2 Å². The van der Waals surface area contributed by atoms with Crippen LogP contribution in [-0.2, 0) is 17.6 Å². The highest BCUT2D eigenvalue weighted by atomic mass is 32.1. The van der Waals surface area contributed by atoms with Crippen molar-refractivity contribution in [3.63, 3.8) is 0 Å². The number of hydrogen-bond acceptors (Lipinski definition) is 6. The van der Waals surface area contributed by atoms with Crippen molar-refractivity contribution in [2.24, 2.45) is 0 Å². The molecule has 4 rings (SSSR count). The molecule has 6 nitrogen and oxygen atoms in total. The van der Waals surface area contributed by atoms with E-state index in [9.17, 15) is 18.0 Å². The molecule has 0 saturated heterocycles. The second-order valence-corrected chi connectivity index (χ2v) is 7.21. The fourth-order valence-corrected chi connectivity index (χ4v) is 4.30. The number of carbonyl (C=O) groups is 1. The first-order valence-electron chi connectivity index (χ1n) is 8.43. The smallest absolute Gasteiger partial charge is 0.467 e. The van der Waals surface area contributed by atoms with Gasteiger partial charge in [0.2, 0.25) is 5.88 Å². The Labute approximate surface area is 161 Å². The number of fused-ring (bicyclic) bond motifs is 3. The van der Waals surface area contributed by atoms with Crippen molar-refractivity contribution in [3.8, 4) is 11.6 Å². The SMILES string of the molecule is O=C(COc1ncnc2sc3c(c12)CCC3)Nc1ccc(OC(F)(F)F)cc1. The van der Waals surface area contributed by atoms with Gasteiger partial charge in [-0.1, -0.05) is 0 Å². The lowest BCUT2D eigenvalue weighted by Crippen LogP contribution is -2.20. The number of thiophene rings is 1. The maximum Gasteiger partial charge on any atom is 0.573 e. The molecule has 146 valence electrons. The van der Waals surface area contributed by atoms with Crippen molar-refractivity contribution >= 4 is 33.1 Å². The van der Waals surface area contributed by atoms with Crippen LogP contribution in [0, 0.1) is 0 Å². The van der Waals surface area contributed by atoms with Crippen LogP contribution in [0.1, 0.15) is 16.9 Å². The maximum absolute atomic E-state index is 12.2. The lowest BCUT2D eigenvalue weighted by molar-refractivity contribution is -0.274. The molecule has 28 heavy (non-hydrogen) atoms. The number of nitrogens with zero attached hydrogens (tertiary/aromatic N) is 2. The van der Waals surface area contributed by atoms with Gasteiger partial charge in [0.1, 0.15) is 16.9 Å². The quantitative estimate of drug-likeness (QED) is 0.687. The van der Waals surface area contributed by atoms with Gasteiger partial charge >= 0.3 is 6.36 Å². The molecule has 0 unspecified atom stereocenters. The first-order valence-corrected chi connectivity index (χ1v) is 9.24. The van der Waals surface area contributed by atoms with Gasteiger partial charge in [-0.2, -0.15) is 0 Å². The highest BCUT2D eigenvalue weighted by Crippen LogP contribution is 2.39. The number of aromatic nitrogens is 2. The average molecular weight is 409 g/mol. The zero-order valence-corrected chi connectivity index (χ0v) is 15.2. The topological polar surface area (TPSA) is 73.3 Å². The first kappa shape index (κ1) is 18.5. The number of rotatable bonds is 5. The maximum atomic E-state index is 12.2. The summed E-state index contributed by atoms with van der Waals surface area (Å²) < 4.78 is 45.9. The summed E-state index contributed by atoms with van der Waals surface area (Å²) in [6, 6.07) is 4.86. The molecule has 1 aliphatic rings. The number of hydrogen-bond donors (Lipinski definition) is 1. The number of amides is 1. The Kier molecular flexibility index (Phi) is 4.80. The Morgan fingerprint density at radius 1 is 1.18 bits per heavy atom. The fraction of sp³-hybridized carbons (Fsp3) is 0.278. The molecule has 2 heterocycles. The molecule has 0 radical (unpaired) electrons. The van der Waals surface area contributed by atoms with Crippen molar-refractivity contribution < 1.29 is 27.4 Å². The van der Waals surface area contributed by atoms with E-state index >= 15 is 0 Å². The fourth-order valence-electron chi connectivity index (χ4n) is 3.08. The number of nitrogens with one attached hydrogen (secondary N) is 1. The number of ether oxygens (including phenoxy) is 2. The van der Waals surface area contributed by atoms with Gasteiger partial charge < -0.3 is 14.8 Å². The molecule has 0 spiro atoms. The molecule has 1 aliphatic carbocycles. The average Bonchev–Trinajstić information content (AvgIpc) is 3.21. The summed E-state index contributed by atoms with van der Waals surface area (Å²) in [4.78, 5) is 22.7. The number of halogens is 3. The lowest BCUT2D eigenvalue weighted by atomic mass is 10.2. The molecular formula is C18H14F3N3O3S. The van der Waals surface area contributed by atoms with Crippen LogP contribution in [-0.4, -0.2) is 28.8 Å². The van der Waals surface area contributed by atoms with Gasteiger partial charge in [0.05, 0.1) is 5.39 Å². The van der Waals surface area contributed by atoms with Crippen LogP contribution < -0.4 is 14.8 Å². The van der Waals surface area contributed by atoms with Gasteiger partial charge in [-0.3, -0.25) is 4.79 Å². The van der Waals surface area contributed by atoms with Crippen LogP contribution in [0.3, 0.4) is 0 Å². The van der Waals surface area contributed by atoms with E-state index in [0.717, 1.165) is 41.6 Å². The lowest BCUT2D eigenvalue weighted by Gasteiger charge is -2.10.